The van der Waals surface area contributed by atoms with Crippen molar-refractivity contribution in [2.24, 2.45) is 5.41 Å². The van der Waals surface area contributed by atoms with Crippen molar-refractivity contribution in [1.82, 2.24) is 9.88 Å². The van der Waals surface area contributed by atoms with Gasteiger partial charge in [-0.1, -0.05) is 0 Å². The van der Waals surface area contributed by atoms with Crippen molar-refractivity contribution in [3.8, 4) is 0 Å². The van der Waals surface area contributed by atoms with E-state index in [2.05, 4.69) is 14.8 Å². The van der Waals surface area contributed by atoms with Crippen LogP contribution in [0.3, 0.4) is 0 Å². The largest absolute Gasteiger partial charge is 0.465 e. The molecule has 0 unspecified atom stereocenters. The second-order valence-electron chi connectivity index (χ2n) is 9.02. The molecule has 3 saturated heterocycles. The number of aromatic nitrogens is 1. The molecule has 1 aromatic rings. The molecule has 8 nitrogen and oxygen atoms in total. The molecule has 2 amide bonds. The standard InChI is InChI=1S/C22H32N4O4/c1-16(2)26(21(28)29)18-4-5-19(23-14-18)24-10-3-8-22(15-24)9-11-25(20(22)27)17-6-12-30-13-7-17/h4-5,14,16-17H,3,6-13,15H2,1-2H3,(H,28,29)/t22-/m0/s1. The highest BCUT2D eigenvalue weighted by atomic mass is 16.5. The molecule has 0 radical (unpaired) electrons. The molecule has 3 aliphatic heterocycles. The third-order valence-electron chi connectivity index (χ3n) is 6.81. The topological polar surface area (TPSA) is 86.2 Å². The first-order valence-corrected chi connectivity index (χ1v) is 11.0. The van der Waals surface area contributed by atoms with Crippen molar-refractivity contribution >= 4 is 23.5 Å². The van der Waals surface area contributed by atoms with Crippen LogP contribution in [0.15, 0.2) is 18.3 Å². The van der Waals surface area contributed by atoms with Gasteiger partial charge < -0.3 is 19.6 Å². The van der Waals surface area contributed by atoms with Crippen LogP contribution < -0.4 is 9.80 Å². The molecule has 1 spiro atoms. The van der Waals surface area contributed by atoms with Crippen molar-refractivity contribution in [3.63, 3.8) is 0 Å². The predicted molar refractivity (Wildman–Crippen MR) is 114 cm³/mol. The summed E-state index contributed by atoms with van der Waals surface area (Å²) in [6.45, 7) is 7.56. The van der Waals surface area contributed by atoms with Gasteiger partial charge in [0.15, 0.2) is 0 Å². The van der Waals surface area contributed by atoms with Crippen LogP contribution in [0.1, 0.15) is 46.0 Å². The maximum atomic E-state index is 13.4. The van der Waals surface area contributed by atoms with E-state index in [4.69, 9.17) is 4.74 Å². The number of nitrogens with zero attached hydrogens (tertiary/aromatic N) is 4. The number of ether oxygens (including phenoxy) is 1. The van der Waals surface area contributed by atoms with Crippen LogP contribution in [0.5, 0.6) is 0 Å². The normalized spacial score (nSPS) is 25.4. The highest BCUT2D eigenvalue weighted by Gasteiger charge is 2.50. The van der Waals surface area contributed by atoms with Gasteiger partial charge in [-0.3, -0.25) is 9.69 Å². The Morgan fingerprint density at radius 2 is 2.03 bits per heavy atom. The predicted octanol–water partition coefficient (Wildman–Crippen LogP) is 2.97. The number of pyridine rings is 1. The van der Waals surface area contributed by atoms with Gasteiger partial charge in [0.25, 0.3) is 0 Å². The molecule has 1 N–H and O–H groups in total. The van der Waals surface area contributed by atoms with Crippen LogP contribution in [0.4, 0.5) is 16.3 Å². The van der Waals surface area contributed by atoms with Crippen molar-refractivity contribution in [1.29, 1.82) is 0 Å². The first kappa shape index (κ1) is 20.9. The lowest BCUT2D eigenvalue weighted by atomic mass is 9.78. The molecule has 8 heteroatoms. The Balaban J connectivity index is 1.47. The summed E-state index contributed by atoms with van der Waals surface area (Å²) >= 11 is 0. The van der Waals surface area contributed by atoms with Crippen molar-refractivity contribution in [2.75, 3.05) is 42.6 Å². The molecule has 0 aromatic carbocycles. The third-order valence-corrected chi connectivity index (χ3v) is 6.81. The van der Waals surface area contributed by atoms with Crippen LogP contribution in [0.2, 0.25) is 0 Å². The van der Waals surface area contributed by atoms with Crippen molar-refractivity contribution < 1.29 is 19.4 Å². The Morgan fingerprint density at radius 3 is 2.67 bits per heavy atom. The van der Waals surface area contributed by atoms with Gasteiger partial charge in [0.1, 0.15) is 5.82 Å². The number of hydrogen-bond donors (Lipinski definition) is 1. The van der Waals surface area contributed by atoms with Crippen LogP contribution >= 0.6 is 0 Å². The van der Waals surface area contributed by atoms with E-state index in [1.165, 1.54) is 4.90 Å². The smallest absolute Gasteiger partial charge is 0.412 e. The molecule has 4 heterocycles. The lowest BCUT2D eigenvalue weighted by Crippen LogP contribution is -2.50. The number of amides is 2. The molecule has 0 bridgehead atoms. The van der Waals surface area contributed by atoms with E-state index in [0.717, 1.165) is 64.2 Å². The van der Waals surface area contributed by atoms with E-state index < -0.39 is 6.09 Å². The Kier molecular flexibility index (Phi) is 5.86. The number of carboxylic acid groups (broad SMARTS) is 1. The fraction of sp³-hybridized carbons (Fsp3) is 0.682. The number of anilines is 2. The van der Waals surface area contributed by atoms with Gasteiger partial charge in [-0.2, -0.15) is 0 Å². The van der Waals surface area contributed by atoms with Gasteiger partial charge >= 0.3 is 6.09 Å². The average Bonchev–Trinajstić information content (AvgIpc) is 3.04. The Hall–Kier alpha value is -2.35. The number of hydrogen-bond acceptors (Lipinski definition) is 5. The SMILES string of the molecule is CC(C)N(C(=O)O)c1ccc(N2CCC[C@]3(CCN(C4CCOCC4)C3=O)C2)nc1. The highest BCUT2D eigenvalue weighted by molar-refractivity contribution is 5.87. The van der Waals surface area contributed by atoms with Crippen LogP contribution in [-0.4, -0.2) is 71.9 Å². The molecule has 1 atom stereocenters. The summed E-state index contributed by atoms with van der Waals surface area (Å²) in [7, 11) is 0. The number of piperidine rings is 1. The minimum atomic E-state index is -0.985. The maximum Gasteiger partial charge on any atom is 0.412 e. The minimum Gasteiger partial charge on any atom is -0.465 e. The number of carbonyl (C=O) groups is 2. The minimum absolute atomic E-state index is 0.166. The summed E-state index contributed by atoms with van der Waals surface area (Å²) in [5.41, 5.74) is 0.248. The second-order valence-corrected chi connectivity index (χ2v) is 9.02. The number of likely N-dealkylation sites (tertiary alicyclic amines) is 1. The number of carbonyl (C=O) groups excluding carboxylic acids is 1. The summed E-state index contributed by atoms with van der Waals surface area (Å²) in [4.78, 5) is 35.1. The molecule has 0 saturated carbocycles. The number of rotatable bonds is 4. The summed E-state index contributed by atoms with van der Waals surface area (Å²) in [5.74, 6) is 1.11. The molecular weight excluding hydrogens is 384 g/mol. The fourth-order valence-electron chi connectivity index (χ4n) is 5.24. The Labute approximate surface area is 177 Å². The Bertz CT molecular complexity index is 778. The van der Waals surface area contributed by atoms with Gasteiger partial charge in [-0.25, -0.2) is 9.78 Å². The summed E-state index contributed by atoms with van der Waals surface area (Å²) in [6.07, 6.45) is 5.30. The van der Waals surface area contributed by atoms with E-state index in [-0.39, 0.29) is 11.5 Å². The second kappa shape index (κ2) is 8.41. The molecular formula is C22H32N4O4. The van der Waals surface area contributed by atoms with E-state index in [0.29, 0.717) is 24.2 Å². The highest BCUT2D eigenvalue weighted by Crippen LogP contribution is 2.42. The van der Waals surface area contributed by atoms with Crippen LogP contribution in [0, 0.1) is 5.41 Å². The maximum absolute atomic E-state index is 13.4. The quantitative estimate of drug-likeness (QED) is 0.812. The molecule has 4 rings (SSSR count). The molecule has 30 heavy (non-hydrogen) atoms. The molecule has 3 aliphatic rings. The van der Waals surface area contributed by atoms with Crippen molar-refractivity contribution in [3.05, 3.63) is 18.3 Å². The van der Waals surface area contributed by atoms with Gasteiger partial charge in [-0.05, 0) is 58.1 Å². The average molecular weight is 417 g/mol. The summed E-state index contributed by atoms with van der Waals surface area (Å²) in [5, 5.41) is 9.45. The monoisotopic (exact) mass is 416 g/mol. The third kappa shape index (κ3) is 3.85. The molecule has 1 aromatic heterocycles. The first-order chi connectivity index (χ1) is 14.4. The van der Waals surface area contributed by atoms with Crippen LogP contribution in [0.25, 0.3) is 0 Å². The summed E-state index contributed by atoms with van der Waals surface area (Å²) in [6, 6.07) is 3.84. The van der Waals surface area contributed by atoms with Crippen molar-refractivity contribution in [2.45, 2.75) is 58.0 Å². The van der Waals surface area contributed by atoms with Gasteiger partial charge in [0.2, 0.25) is 5.91 Å². The summed E-state index contributed by atoms with van der Waals surface area (Å²) < 4.78 is 5.47. The van der Waals surface area contributed by atoms with E-state index >= 15 is 0 Å². The zero-order valence-electron chi connectivity index (χ0n) is 17.9. The molecule has 3 fully saturated rings. The van der Waals surface area contributed by atoms with E-state index in [9.17, 15) is 14.7 Å². The Morgan fingerprint density at radius 1 is 1.27 bits per heavy atom. The molecule has 164 valence electrons. The zero-order valence-corrected chi connectivity index (χ0v) is 17.9. The lowest BCUT2D eigenvalue weighted by molar-refractivity contribution is -0.139. The fourth-order valence-corrected chi connectivity index (χ4v) is 5.24. The van der Waals surface area contributed by atoms with Gasteiger partial charge in [0, 0.05) is 44.9 Å². The van der Waals surface area contributed by atoms with E-state index in [1.54, 1.807) is 6.20 Å². The van der Waals surface area contributed by atoms with Crippen LogP contribution in [-0.2, 0) is 9.53 Å². The zero-order chi connectivity index (χ0) is 21.3. The first-order valence-electron chi connectivity index (χ1n) is 11.0. The van der Waals surface area contributed by atoms with Gasteiger partial charge in [-0.15, -0.1) is 0 Å². The van der Waals surface area contributed by atoms with E-state index in [1.807, 2.05) is 26.0 Å². The molecule has 0 aliphatic carbocycles. The van der Waals surface area contributed by atoms with Gasteiger partial charge in [0.05, 0.1) is 17.3 Å². The lowest BCUT2D eigenvalue weighted by Gasteiger charge is -2.40.